The third kappa shape index (κ3) is 3.69. The van der Waals surface area contributed by atoms with Crippen molar-refractivity contribution in [3.8, 4) is 0 Å². The first kappa shape index (κ1) is 11.7. The monoisotopic (exact) mass is 223 g/mol. The highest BCUT2D eigenvalue weighted by molar-refractivity contribution is 5.80. The SMILES string of the molecule is CN=C(NCC1CCC(C)CC1)NC1CC1. The molecule has 3 nitrogen and oxygen atoms in total. The Labute approximate surface area is 99.1 Å². The summed E-state index contributed by atoms with van der Waals surface area (Å²) >= 11 is 0. The predicted molar refractivity (Wildman–Crippen MR) is 68.6 cm³/mol. The molecule has 0 unspecified atom stereocenters. The lowest BCUT2D eigenvalue weighted by molar-refractivity contribution is 0.289. The van der Waals surface area contributed by atoms with E-state index in [9.17, 15) is 0 Å². The predicted octanol–water partition coefficient (Wildman–Crippen LogP) is 2.14. The average molecular weight is 223 g/mol. The fraction of sp³-hybridized carbons (Fsp3) is 0.923. The smallest absolute Gasteiger partial charge is 0.191 e. The first-order chi connectivity index (χ1) is 7.78. The zero-order valence-corrected chi connectivity index (χ0v) is 10.6. The van der Waals surface area contributed by atoms with Crippen LogP contribution in [-0.4, -0.2) is 25.6 Å². The molecule has 92 valence electrons. The molecule has 0 radical (unpaired) electrons. The number of rotatable bonds is 3. The number of hydrogen-bond acceptors (Lipinski definition) is 1. The van der Waals surface area contributed by atoms with Crippen LogP contribution in [0.25, 0.3) is 0 Å². The molecule has 2 fully saturated rings. The molecule has 0 saturated heterocycles. The van der Waals surface area contributed by atoms with Crippen LogP contribution in [0.2, 0.25) is 0 Å². The number of guanidine groups is 1. The largest absolute Gasteiger partial charge is 0.356 e. The van der Waals surface area contributed by atoms with Crippen molar-refractivity contribution in [1.29, 1.82) is 0 Å². The van der Waals surface area contributed by atoms with E-state index in [1.807, 2.05) is 7.05 Å². The van der Waals surface area contributed by atoms with Gasteiger partial charge in [-0.3, -0.25) is 4.99 Å². The molecule has 2 saturated carbocycles. The summed E-state index contributed by atoms with van der Waals surface area (Å²) in [5, 5.41) is 6.89. The van der Waals surface area contributed by atoms with Crippen molar-refractivity contribution >= 4 is 5.96 Å². The second kappa shape index (κ2) is 5.55. The fourth-order valence-electron chi connectivity index (χ4n) is 2.39. The van der Waals surface area contributed by atoms with E-state index in [4.69, 9.17) is 0 Å². The molecule has 2 rings (SSSR count). The van der Waals surface area contributed by atoms with E-state index < -0.39 is 0 Å². The summed E-state index contributed by atoms with van der Waals surface area (Å²) in [6.45, 7) is 3.47. The molecule has 0 spiro atoms. The number of aliphatic imine (C=N–C) groups is 1. The Morgan fingerprint density at radius 1 is 1.12 bits per heavy atom. The van der Waals surface area contributed by atoms with E-state index in [0.717, 1.165) is 24.3 Å². The molecule has 0 heterocycles. The van der Waals surface area contributed by atoms with Gasteiger partial charge in [0.15, 0.2) is 5.96 Å². The minimum Gasteiger partial charge on any atom is -0.356 e. The summed E-state index contributed by atoms with van der Waals surface area (Å²) in [6, 6.07) is 0.692. The summed E-state index contributed by atoms with van der Waals surface area (Å²) < 4.78 is 0. The Bertz CT molecular complexity index is 238. The molecule has 3 heteroatoms. The van der Waals surface area contributed by atoms with E-state index in [1.54, 1.807) is 0 Å². The van der Waals surface area contributed by atoms with Crippen molar-refractivity contribution < 1.29 is 0 Å². The van der Waals surface area contributed by atoms with Gasteiger partial charge in [-0.1, -0.05) is 19.8 Å². The third-order valence-electron chi connectivity index (χ3n) is 3.84. The van der Waals surface area contributed by atoms with E-state index in [-0.39, 0.29) is 0 Å². The molecular formula is C13H25N3. The van der Waals surface area contributed by atoms with E-state index in [0.29, 0.717) is 6.04 Å². The van der Waals surface area contributed by atoms with Crippen LogP contribution >= 0.6 is 0 Å². The molecule has 0 aromatic rings. The molecule has 0 aliphatic heterocycles. The van der Waals surface area contributed by atoms with Crippen molar-refractivity contribution in [2.75, 3.05) is 13.6 Å². The molecule has 0 atom stereocenters. The van der Waals surface area contributed by atoms with Gasteiger partial charge in [-0.15, -0.1) is 0 Å². The van der Waals surface area contributed by atoms with E-state index >= 15 is 0 Å². The third-order valence-corrected chi connectivity index (χ3v) is 3.84. The average Bonchev–Trinajstić information content (AvgIpc) is 3.10. The zero-order chi connectivity index (χ0) is 11.4. The topological polar surface area (TPSA) is 36.4 Å². The molecule has 0 amide bonds. The first-order valence-corrected chi connectivity index (χ1v) is 6.75. The minimum absolute atomic E-state index is 0.692. The quantitative estimate of drug-likeness (QED) is 0.568. The van der Waals surface area contributed by atoms with Gasteiger partial charge in [0.2, 0.25) is 0 Å². The standard InChI is InChI=1S/C13H25N3/c1-10-3-5-11(6-4-10)9-15-13(14-2)16-12-7-8-12/h10-12H,3-9H2,1-2H3,(H2,14,15,16). The Kier molecular flexibility index (Phi) is 4.08. The van der Waals surface area contributed by atoms with Gasteiger partial charge in [0, 0.05) is 19.6 Å². The summed E-state index contributed by atoms with van der Waals surface area (Å²) in [4.78, 5) is 4.26. The maximum Gasteiger partial charge on any atom is 0.191 e. The Morgan fingerprint density at radius 2 is 1.81 bits per heavy atom. The normalized spacial score (nSPS) is 31.2. The minimum atomic E-state index is 0.692. The zero-order valence-electron chi connectivity index (χ0n) is 10.6. The highest BCUT2D eigenvalue weighted by Crippen LogP contribution is 2.27. The summed E-state index contributed by atoms with van der Waals surface area (Å²) in [5.74, 6) is 2.80. The molecule has 16 heavy (non-hydrogen) atoms. The van der Waals surface area contributed by atoms with Crippen molar-refractivity contribution in [3.63, 3.8) is 0 Å². The maximum atomic E-state index is 4.26. The lowest BCUT2D eigenvalue weighted by Crippen LogP contribution is -2.41. The maximum absolute atomic E-state index is 4.26. The van der Waals surface area contributed by atoms with Gasteiger partial charge < -0.3 is 10.6 Å². The van der Waals surface area contributed by atoms with Crippen LogP contribution in [0, 0.1) is 11.8 Å². The van der Waals surface area contributed by atoms with Gasteiger partial charge in [0.25, 0.3) is 0 Å². The molecule has 0 aromatic heterocycles. The van der Waals surface area contributed by atoms with Crippen LogP contribution in [0.1, 0.15) is 45.4 Å². The first-order valence-electron chi connectivity index (χ1n) is 6.75. The molecule has 2 aliphatic rings. The molecule has 0 bridgehead atoms. The molecule has 0 aromatic carbocycles. The van der Waals surface area contributed by atoms with Gasteiger partial charge >= 0.3 is 0 Å². The van der Waals surface area contributed by atoms with Gasteiger partial charge in [-0.2, -0.15) is 0 Å². The van der Waals surface area contributed by atoms with Crippen LogP contribution in [0.15, 0.2) is 4.99 Å². The highest BCUT2D eigenvalue weighted by atomic mass is 15.2. The second-order valence-electron chi connectivity index (χ2n) is 5.50. The lowest BCUT2D eigenvalue weighted by atomic mass is 9.83. The Hall–Kier alpha value is -0.730. The number of nitrogens with one attached hydrogen (secondary N) is 2. The van der Waals surface area contributed by atoms with E-state index in [1.165, 1.54) is 38.5 Å². The lowest BCUT2D eigenvalue weighted by Gasteiger charge is -2.26. The van der Waals surface area contributed by atoms with E-state index in [2.05, 4.69) is 22.5 Å². The van der Waals surface area contributed by atoms with Gasteiger partial charge in [-0.05, 0) is 37.5 Å². The summed E-state index contributed by atoms with van der Waals surface area (Å²) in [6.07, 6.45) is 8.19. The van der Waals surface area contributed by atoms with Crippen LogP contribution in [0.5, 0.6) is 0 Å². The van der Waals surface area contributed by atoms with Crippen LogP contribution in [0.4, 0.5) is 0 Å². The molecule has 2 aliphatic carbocycles. The molecule has 2 N–H and O–H groups in total. The van der Waals surface area contributed by atoms with Gasteiger partial charge in [0.1, 0.15) is 0 Å². The van der Waals surface area contributed by atoms with Gasteiger partial charge in [-0.25, -0.2) is 0 Å². The van der Waals surface area contributed by atoms with Crippen molar-refractivity contribution in [3.05, 3.63) is 0 Å². The molecular weight excluding hydrogens is 198 g/mol. The van der Waals surface area contributed by atoms with Crippen molar-refractivity contribution in [1.82, 2.24) is 10.6 Å². The fourth-order valence-corrected chi connectivity index (χ4v) is 2.39. The van der Waals surface area contributed by atoms with Crippen LogP contribution < -0.4 is 10.6 Å². The van der Waals surface area contributed by atoms with Crippen LogP contribution in [-0.2, 0) is 0 Å². The van der Waals surface area contributed by atoms with Crippen molar-refractivity contribution in [2.45, 2.75) is 51.5 Å². The van der Waals surface area contributed by atoms with Crippen LogP contribution in [0.3, 0.4) is 0 Å². The summed E-state index contributed by atoms with van der Waals surface area (Å²) in [5.41, 5.74) is 0. The second-order valence-corrected chi connectivity index (χ2v) is 5.50. The number of nitrogens with zero attached hydrogens (tertiary/aromatic N) is 1. The number of hydrogen-bond donors (Lipinski definition) is 2. The summed E-state index contributed by atoms with van der Waals surface area (Å²) in [7, 11) is 1.86. The Morgan fingerprint density at radius 3 is 2.38 bits per heavy atom. The van der Waals surface area contributed by atoms with Gasteiger partial charge in [0.05, 0.1) is 0 Å². The highest BCUT2D eigenvalue weighted by Gasteiger charge is 2.23. The Balaban J connectivity index is 1.65. The van der Waals surface area contributed by atoms with Crippen molar-refractivity contribution in [2.24, 2.45) is 16.8 Å².